The van der Waals surface area contributed by atoms with Crippen LogP contribution in [0.3, 0.4) is 0 Å². The molecule has 4 heteroatoms. The van der Waals surface area contributed by atoms with Crippen molar-refractivity contribution in [2.24, 2.45) is 11.7 Å². The molecule has 0 bridgehead atoms. The summed E-state index contributed by atoms with van der Waals surface area (Å²) < 4.78 is 2.32. The third kappa shape index (κ3) is 2.70. The van der Waals surface area contributed by atoms with E-state index in [1.807, 2.05) is 0 Å². The number of likely N-dealkylation sites (tertiary alicyclic amines) is 1. The number of piperidine rings is 1. The molecule has 0 saturated carbocycles. The van der Waals surface area contributed by atoms with Gasteiger partial charge in [-0.25, -0.2) is 4.98 Å². The highest BCUT2D eigenvalue weighted by Crippen LogP contribution is 2.26. The van der Waals surface area contributed by atoms with Crippen molar-refractivity contribution in [1.29, 1.82) is 0 Å². The Labute approximate surface area is 116 Å². The molecule has 3 rings (SSSR count). The highest BCUT2D eigenvalue weighted by atomic mass is 15.2. The van der Waals surface area contributed by atoms with E-state index in [1.54, 1.807) is 0 Å². The van der Waals surface area contributed by atoms with Gasteiger partial charge in [0, 0.05) is 18.3 Å². The number of fused-ring (bicyclic) bond motifs is 1. The summed E-state index contributed by atoms with van der Waals surface area (Å²) in [5, 5.41) is 0. The molecule has 2 N–H and O–H groups in total. The average Bonchev–Trinajstić information content (AvgIpc) is 2.84. The van der Waals surface area contributed by atoms with E-state index in [2.05, 4.69) is 27.6 Å². The number of hydrogen-bond acceptors (Lipinski definition) is 3. The number of nitrogens with two attached hydrogens (primary N) is 1. The van der Waals surface area contributed by atoms with Gasteiger partial charge in [-0.3, -0.25) is 0 Å². The summed E-state index contributed by atoms with van der Waals surface area (Å²) in [7, 11) is 0. The minimum atomic E-state index is 0.164. The molecule has 2 aliphatic heterocycles. The lowest BCUT2D eigenvalue weighted by atomic mass is 9.93. The molecule has 1 aromatic heterocycles. The van der Waals surface area contributed by atoms with Crippen LogP contribution in [0.4, 0.5) is 0 Å². The van der Waals surface area contributed by atoms with E-state index in [0.717, 1.165) is 25.2 Å². The van der Waals surface area contributed by atoms with Gasteiger partial charge in [0.15, 0.2) is 0 Å². The third-order valence-corrected chi connectivity index (χ3v) is 4.84. The van der Waals surface area contributed by atoms with Crippen LogP contribution in [0.1, 0.15) is 50.3 Å². The molecule has 2 aliphatic rings. The summed E-state index contributed by atoms with van der Waals surface area (Å²) >= 11 is 0. The minimum absolute atomic E-state index is 0.164. The van der Waals surface area contributed by atoms with E-state index in [4.69, 9.17) is 5.73 Å². The number of imidazole rings is 1. The van der Waals surface area contributed by atoms with E-state index in [9.17, 15) is 0 Å². The highest BCUT2D eigenvalue weighted by molar-refractivity contribution is 5.10. The van der Waals surface area contributed by atoms with Gasteiger partial charge in [0.05, 0.1) is 6.17 Å². The van der Waals surface area contributed by atoms with Gasteiger partial charge in [0.2, 0.25) is 0 Å². The first kappa shape index (κ1) is 13.1. The monoisotopic (exact) mass is 262 g/mol. The van der Waals surface area contributed by atoms with Gasteiger partial charge in [-0.15, -0.1) is 0 Å². The van der Waals surface area contributed by atoms with Crippen molar-refractivity contribution in [3.8, 4) is 0 Å². The zero-order valence-electron chi connectivity index (χ0n) is 12.0. The van der Waals surface area contributed by atoms with Crippen molar-refractivity contribution in [2.75, 3.05) is 19.6 Å². The summed E-state index contributed by atoms with van der Waals surface area (Å²) in [5.74, 6) is 2.03. The maximum atomic E-state index is 6.26. The van der Waals surface area contributed by atoms with Gasteiger partial charge < -0.3 is 15.2 Å². The zero-order chi connectivity index (χ0) is 13.2. The van der Waals surface area contributed by atoms with Crippen molar-refractivity contribution in [1.82, 2.24) is 14.5 Å². The highest BCUT2D eigenvalue weighted by Gasteiger charge is 2.24. The van der Waals surface area contributed by atoms with Crippen LogP contribution in [0, 0.1) is 5.92 Å². The second-order valence-electron chi connectivity index (χ2n) is 6.08. The molecule has 0 spiro atoms. The van der Waals surface area contributed by atoms with Gasteiger partial charge in [0.25, 0.3) is 0 Å². The maximum absolute atomic E-state index is 6.26. The summed E-state index contributed by atoms with van der Waals surface area (Å²) in [6.07, 6.45) is 9.41. The smallest absolute Gasteiger partial charge is 0.110 e. The summed E-state index contributed by atoms with van der Waals surface area (Å²) in [4.78, 5) is 7.20. The Hall–Kier alpha value is -0.870. The molecule has 0 aliphatic carbocycles. The predicted octanol–water partition coefficient (Wildman–Crippen LogP) is 1.95. The number of aryl methyl sites for hydroxylation is 1. The fraction of sp³-hybridized carbons (Fsp3) is 0.800. The molecule has 0 aromatic carbocycles. The lowest BCUT2D eigenvalue weighted by Gasteiger charge is -2.31. The molecule has 106 valence electrons. The molecule has 0 amide bonds. The average molecular weight is 262 g/mol. The Morgan fingerprint density at radius 1 is 1.32 bits per heavy atom. The van der Waals surface area contributed by atoms with E-state index >= 15 is 0 Å². The van der Waals surface area contributed by atoms with Crippen molar-refractivity contribution < 1.29 is 0 Å². The number of hydrogen-bond donors (Lipinski definition) is 1. The molecule has 1 aromatic rings. The van der Waals surface area contributed by atoms with Crippen molar-refractivity contribution in [2.45, 2.75) is 51.6 Å². The Morgan fingerprint density at radius 3 is 2.84 bits per heavy atom. The Balaban J connectivity index is 1.66. The zero-order valence-corrected chi connectivity index (χ0v) is 12.0. The molecule has 4 nitrogen and oxygen atoms in total. The standard InChI is InChI=1S/C15H26N4/c1-2-18-8-6-12(7-9-18)10-15-17-11-13-4-3-5-14(16)19(13)15/h11-12,14H,2-10,16H2,1H3. The Bertz CT molecular complexity index is 418. The van der Waals surface area contributed by atoms with Crippen LogP contribution in [0.2, 0.25) is 0 Å². The normalized spacial score (nSPS) is 25.5. The van der Waals surface area contributed by atoms with E-state index < -0.39 is 0 Å². The first-order chi connectivity index (χ1) is 9.28. The summed E-state index contributed by atoms with van der Waals surface area (Å²) in [6.45, 7) is 5.95. The SMILES string of the molecule is CCN1CCC(Cc2ncc3n2C(N)CCC3)CC1. The first-order valence-electron chi connectivity index (χ1n) is 7.81. The molecule has 1 atom stereocenters. The third-order valence-electron chi connectivity index (χ3n) is 4.84. The van der Waals surface area contributed by atoms with Gasteiger partial charge >= 0.3 is 0 Å². The Kier molecular flexibility index (Phi) is 3.89. The van der Waals surface area contributed by atoms with Crippen molar-refractivity contribution in [3.05, 3.63) is 17.7 Å². The van der Waals surface area contributed by atoms with Gasteiger partial charge in [0.1, 0.15) is 5.82 Å². The van der Waals surface area contributed by atoms with E-state index in [0.29, 0.717) is 0 Å². The van der Waals surface area contributed by atoms with Gasteiger partial charge in [-0.2, -0.15) is 0 Å². The number of aromatic nitrogens is 2. The number of nitrogens with zero attached hydrogens (tertiary/aromatic N) is 3. The molecule has 1 unspecified atom stereocenters. The van der Waals surface area contributed by atoms with Gasteiger partial charge in [-0.1, -0.05) is 6.92 Å². The molecule has 1 fully saturated rings. The van der Waals surface area contributed by atoms with Crippen LogP contribution in [0.25, 0.3) is 0 Å². The van der Waals surface area contributed by atoms with Crippen LogP contribution < -0.4 is 5.73 Å². The number of rotatable bonds is 3. The van der Waals surface area contributed by atoms with Crippen LogP contribution in [0.5, 0.6) is 0 Å². The van der Waals surface area contributed by atoms with Crippen LogP contribution >= 0.6 is 0 Å². The molecule has 1 saturated heterocycles. The van der Waals surface area contributed by atoms with Gasteiger partial charge in [-0.05, 0) is 57.7 Å². The second kappa shape index (κ2) is 5.63. The molecular weight excluding hydrogens is 236 g/mol. The van der Waals surface area contributed by atoms with E-state index in [1.165, 1.54) is 50.4 Å². The first-order valence-corrected chi connectivity index (χ1v) is 7.81. The maximum Gasteiger partial charge on any atom is 0.110 e. The lowest BCUT2D eigenvalue weighted by Crippen LogP contribution is -2.34. The predicted molar refractivity (Wildman–Crippen MR) is 76.9 cm³/mol. The molecular formula is C15H26N4. The van der Waals surface area contributed by atoms with Crippen LogP contribution in [-0.4, -0.2) is 34.1 Å². The Morgan fingerprint density at radius 2 is 2.11 bits per heavy atom. The lowest BCUT2D eigenvalue weighted by molar-refractivity contribution is 0.189. The topological polar surface area (TPSA) is 47.1 Å². The van der Waals surface area contributed by atoms with Crippen LogP contribution in [-0.2, 0) is 12.8 Å². The minimum Gasteiger partial charge on any atom is -0.316 e. The largest absolute Gasteiger partial charge is 0.316 e. The summed E-state index contributed by atoms with van der Waals surface area (Å²) in [6, 6.07) is 0. The fourth-order valence-electron chi connectivity index (χ4n) is 3.57. The molecule has 3 heterocycles. The fourth-order valence-corrected chi connectivity index (χ4v) is 3.57. The molecule has 0 radical (unpaired) electrons. The summed E-state index contributed by atoms with van der Waals surface area (Å²) in [5.41, 5.74) is 7.60. The quantitative estimate of drug-likeness (QED) is 0.905. The molecule has 19 heavy (non-hydrogen) atoms. The van der Waals surface area contributed by atoms with Crippen molar-refractivity contribution >= 4 is 0 Å². The van der Waals surface area contributed by atoms with Crippen LogP contribution in [0.15, 0.2) is 6.20 Å². The van der Waals surface area contributed by atoms with Crippen molar-refractivity contribution in [3.63, 3.8) is 0 Å². The van der Waals surface area contributed by atoms with E-state index in [-0.39, 0.29) is 6.17 Å². The second-order valence-corrected chi connectivity index (χ2v) is 6.08.